The molecular weight excluding hydrogens is 1470 g/mol. The molecule has 7 N–H and O–H groups in total. The molecule has 0 spiro atoms. The van der Waals surface area contributed by atoms with Gasteiger partial charge in [0.2, 0.25) is 29.5 Å². The van der Waals surface area contributed by atoms with Crippen molar-refractivity contribution >= 4 is 95.2 Å². The number of unbranched alkanes of at least 4 members (excludes halogenated alkanes) is 9. The van der Waals surface area contributed by atoms with Gasteiger partial charge < -0.3 is 108 Å². The number of esters is 10. The molecule has 1 aliphatic carbocycles. The first kappa shape index (κ1) is 96.5. The zero-order valence-electron chi connectivity index (χ0n) is 65.2. The predicted molar refractivity (Wildman–Crippen MR) is 379 cm³/mol. The van der Waals surface area contributed by atoms with E-state index in [1.165, 1.54) is 48.5 Å². The molecule has 2 aliphatic heterocycles. The lowest BCUT2D eigenvalue weighted by Crippen LogP contribution is -2.61. The molecule has 0 radical (unpaired) electrons. The Labute approximate surface area is 645 Å². The molecular formula is C73H115N5O33. The maximum Gasteiger partial charge on any atom is 0.303 e. The van der Waals surface area contributed by atoms with Crippen LogP contribution in [0.1, 0.15) is 204 Å². The first-order chi connectivity index (χ1) is 52.6. The van der Waals surface area contributed by atoms with Crippen molar-refractivity contribution in [3.8, 4) is 0 Å². The van der Waals surface area contributed by atoms with Crippen molar-refractivity contribution in [1.82, 2.24) is 26.6 Å². The van der Waals surface area contributed by atoms with Crippen LogP contribution >= 0.6 is 0 Å². The first-order valence-corrected chi connectivity index (χ1v) is 37.7. The van der Waals surface area contributed by atoms with Gasteiger partial charge in [0.25, 0.3) is 0 Å². The van der Waals surface area contributed by atoms with Gasteiger partial charge in [-0.2, -0.15) is 0 Å². The van der Waals surface area contributed by atoms with Crippen LogP contribution in [0, 0.1) is 11.8 Å². The van der Waals surface area contributed by atoms with Crippen molar-refractivity contribution in [2.75, 3.05) is 65.9 Å². The number of carboxylic acids is 1. The van der Waals surface area contributed by atoms with Crippen LogP contribution in [0.25, 0.3) is 0 Å². The molecule has 0 aromatic carbocycles. The number of hydrogen-bond acceptors (Lipinski definition) is 32. The van der Waals surface area contributed by atoms with E-state index < -0.39 is 206 Å². The minimum atomic E-state index is -1.57. The highest BCUT2D eigenvalue weighted by atomic mass is 16.7. The number of carbonyl (C=O) groups excluding carboxylic acids is 15. The fourth-order valence-electron chi connectivity index (χ4n) is 12.5. The first-order valence-electron chi connectivity index (χ1n) is 37.7. The summed E-state index contributed by atoms with van der Waals surface area (Å²) in [6.45, 7) is 11.4. The summed E-state index contributed by atoms with van der Waals surface area (Å²) in [5.74, 6) is -12.4. The molecule has 0 bridgehead atoms. The lowest BCUT2D eigenvalue weighted by molar-refractivity contribution is -0.306. The van der Waals surface area contributed by atoms with Gasteiger partial charge in [0.15, 0.2) is 30.9 Å². The lowest BCUT2D eigenvalue weighted by atomic mass is 9.74. The van der Waals surface area contributed by atoms with Gasteiger partial charge in [-0.15, -0.1) is 0 Å². The van der Waals surface area contributed by atoms with Crippen LogP contribution in [0.2, 0.25) is 0 Å². The average molecular weight is 1590 g/mol. The summed E-state index contributed by atoms with van der Waals surface area (Å²) >= 11 is 0. The predicted octanol–water partition coefficient (Wildman–Crippen LogP) is 1.90. The van der Waals surface area contributed by atoms with Gasteiger partial charge in [0.05, 0.1) is 25.4 Å². The molecule has 0 aromatic heterocycles. The molecule has 0 aromatic rings. The Morgan fingerprint density at radius 2 is 0.757 bits per heavy atom. The van der Waals surface area contributed by atoms with Gasteiger partial charge in [-0.25, -0.2) is 0 Å². The van der Waals surface area contributed by atoms with Crippen molar-refractivity contribution in [2.45, 2.75) is 290 Å². The van der Waals surface area contributed by atoms with Crippen molar-refractivity contribution in [3.63, 3.8) is 0 Å². The third-order valence-corrected chi connectivity index (χ3v) is 17.5. The maximum absolute atomic E-state index is 14.0. The number of carbonyl (C=O) groups is 16. The summed E-state index contributed by atoms with van der Waals surface area (Å²) in [6.07, 6.45) is -9.10. The zero-order valence-corrected chi connectivity index (χ0v) is 65.2. The highest BCUT2D eigenvalue weighted by Gasteiger charge is 2.52. The van der Waals surface area contributed by atoms with Gasteiger partial charge in [-0.3, -0.25) is 76.7 Å². The van der Waals surface area contributed by atoms with E-state index in [4.69, 9.17) is 71.1 Å². The Balaban J connectivity index is 1.69. The number of nitrogens with one attached hydrogen (secondary N) is 5. The van der Waals surface area contributed by atoms with Crippen molar-refractivity contribution in [2.24, 2.45) is 11.8 Å². The van der Waals surface area contributed by atoms with Crippen LogP contribution < -0.4 is 26.6 Å². The summed E-state index contributed by atoms with van der Waals surface area (Å²) in [4.78, 5) is 199. The number of amides is 5. The third-order valence-electron chi connectivity index (χ3n) is 17.5. The highest BCUT2D eigenvalue weighted by molar-refractivity contribution is 5.90. The van der Waals surface area contributed by atoms with E-state index in [2.05, 4.69) is 26.6 Å². The second kappa shape index (κ2) is 53.3. The Hall–Kier alpha value is -8.72. The molecule has 2 saturated heterocycles. The van der Waals surface area contributed by atoms with Gasteiger partial charge >= 0.3 is 65.7 Å². The molecule has 38 heteroatoms. The smallest absolute Gasteiger partial charge is 0.303 e. The quantitative estimate of drug-likeness (QED) is 0.0260. The minimum absolute atomic E-state index is 0.0160. The van der Waals surface area contributed by atoms with Crippen LogP contribution in [-0.2, 0) is 148 Å². The van der Waals surface area contributed by atoms with E-state index in [0.29, 0.717) is 77.0 Å². The van der Waals surface area contributed by atoms with E-state index >= 15 is 0 Å². The molecule has 1 saturated carbocycles. The topological polar surface area (TPSA) is 512 Å². The van der Waals surface area contributed by atoms with Gasteiger partial charge in [-0.05, 0) is 57.8 Å². The van der Waals surface area contributed by atoms with Gasteiger partial charge in [0, 0.05) is 159 Å². The monoisotopic (exact) mass is 1590 g/mol. The Bertz CT molecular complexity index is 3030. The fraction of sp³-hybridized carbons (Fsp3) is 0.781. The molecule has 38 nitrogen and oxygen atoms in total. The molecule has 3 fully saturated rings. The van der Waals surface area contributed by atoms with E-state index in [1.807, 2.05) is 0 Å². The molecule has 16 atom stereocenters. The zero-order chi connectivity index (χ0) is 82.5. The number of aliphatic hydroxyl groups is 1. The van der Waals surface area contributed by atoms with Crippen LogP contribution in [0.3, 0.4) is 0 Å². The van der Waals surface area contributed by atoms with Gasteiger partial charge in [-0.1, -0.05) is 38.5 Å². The summed E-state index contributed by atoms with van der Waals surface area (Å²) in [5.41, 5.74) is 0. The summed E-state index contributed by atoms with van der Waals surface area (Å²) < 4.78 is 83.4. The molecule has 111 heavy (non-hydrogen) atoms. The Kier molecular flexibility index (Phi) is 46.3. The lowest BCUT2D eigenvalue weighted by Gasteiger charge is -2.45. The Morgan fingerprint density at radius 3 is 1.24 bits per heavy atom. The number of hydrogen-bond donors (Lipinski definition) is 7. The summed E-state index contributed by atoms with van der Waals surface area (Å²) in [5, 5.41) is 33.8. The van der Waals surface area contributed by atoms with Crippen LogP contribution in [-0.4, -0.2) is 257 Å². The van der Waals surface area contributed by atoms with Crippen LogP contribution in [0.5, 0.6) is 0 Å². The number of aliphatic hydroxyl groups excluding tert-OH is 1. The van der Waals surface area contributed by atoms with Crippen molar-refractivity contribution in [1.29, 1.82) is 0 Å². The van der Waals surface area contributed by atoms with E-state index in [1.54, 1.807) is 0 Å². The molecule has 3 aliphatic rings. The van der Waals surface area contributed by atoms with E-state index in [0.717, 1.165) is 20.8 Å². The van der Waals surface area contributed by atoms with Crippen LogP contribution in [0.15, 0.2) is 0 Å². The van der Waals surface area contributed by atoms with Crippen molar-refractivity contribution < 1.29 is 158 Å². The largest absolute Gasteiger partial charge is 0.481 e. The second-order valence-corrected chi connectivity index (χ2v) is 27.2. The number of carboxylic acid groups (broad SMARTS) is 1. The SMILES string of the molecule is CC(=O)OC[C@@H]1C[C@H](OC(C)=O)[C@H](OC(C)=O)C(OCCCCCCNC(=O)CCC(NC(=O)CCC(NC(=O)CCCC(=O)O)C(=O)NCCCCCCO[C@H]2O[C@H](COC(C)=O)[C@@H](O)[C@H](OC(C)=O)[C@@H]2OC(C)=O)C(=O)NCCCCCCO[C@@H]2C[C@H](OC(C)=O)[C@@H](OC(C)=O)[C@@H](COC(C)=O)[C@H]2COC(C)=O)O1. The van der Waals surface area contributed by atoms with E-state index in [9.17, 15) is 86.9 Å². The summed E-state index contributed by atoms with van der Waals surface area (Å²) in [7, 11) is 0. The molecule has 2 heterocycles. The normalized spacial score (nSPS) is 23.2. The Morgan fingerprint density at radius 1 is 0.360 bits per heavy atom. The molecule has 3 rings (SSSR count). The van der Waals surface area contributed by atoms with Crippen molar-refractivity contribution in [3.05, 3.63) is 0 Å². The third kappa shape index (κ3) is 40.9. The van der Waals surface area contributed by atoms with Gasteiger partial charge in [0.1, 0.15) is 55.8 Å². The molecule has 5 amide bonds. The average Bonchev–Trinajstić information content (AvgIpc) is 0.796. The second-order valence-electron chi connectivity index (χ2n) is 27.2. The summed E-state index contributed by atoms with van der Waals surface area (Å²) in [6, 6.07) is -2.57. The maximum atomic E-state index is 14.0. The minimum Gasteiger partial charge on any atom is -0.481 e. The van der Waals surface area contributed by atoms with Crippen LogP contribution in [0.4, 0.5) is 0 Å². The number of rotatable bonds is 52. The molecule has 3 unspecified atom stereocenters. The standard InChI is InChI=1S/C73H115N5O33/c1-42(79)100-38-52-36-58(104-46(5)83)67(107-49(8)86)72(110-52)98-34-21-15-11-17-30-74-61(89)28-26-55(70(95)75-31-18-12-14-20-33-97-57-37-59(105-47(6)84)66(106-48(7)85)54(40-102-44(3)81)53(57)39-101-43(2)80)78-63(91)29-27-56(77-62(90)24-23-25-64(92)93)71(96)76-32-19-13-16-22-35-99-73-69(109-51(10)88)68(108-50(9)87)65(94)60(111-73)41-103-45(4)82/h52-60,65-69,72-73,94H,11-41H2,1-10H3,(H,74,89)(H,75,95)(H,76,96)(H,77,90)(H,78,91)(H,92,93)/t52-,53+,54-,55?,56?,57+,58-,59-,60+,65+,66-,67-,68-,69-,72?,73-/m0/s1. The fourth-order valence-corrected chi connectivity index (χ4v) is 12.5. The number of ether oxygens (including phenoxy) is 15. The number of aliphatic carboxylic acids is 1. The highest BCUT2D eigenvalue weighted by Crippen LogP contribution is 2.38. The van der Waals surface area contributed by atoms with E-state index in [-0.39, 0.29) is 111 Å². The molecule has 630 valence electrons.